The summed E-state index contributed by atoms with van der Waals surface area (Å²) in [5, 5.41) is 13.6. The van der Waals surface area contributed by atoms with E-state index in [2.05, 4.69) is 34.7 Å². The van der Waals surface area contributed by atoms with E-state index in [-0.39, 0.29) is 30.5 Å². The number of fused-ring (bicyclic) bond motifs is 1. The number of amides is 1. The molecule has 7 heteroatoms. The Hall–Kier alpha value is -1.11. The predicted molar refractivity (Wildman–Crippen MR) is 86.3 cm³/mol. The summed E-state index contributed by atoms with van der Waals surface area (Å²) in [6.07, 6.45) is 2.90. The highest BCUT2D eigenvalue weighted by atomic mass is 35.5. The Bertz CT molecular complexity index is 518. The molecule has 0 aliphatic carbocycles. The van der Waals surface area contributed by atoms with Gasteiger partial charge in [0.25, 0.3) is 5.91 Å². The molecule has 1 fully saturated rings. The molecule has 1 aromatic heterocycles. The molecule has 0 radical (unpaired) electrons. The van der Waals surface area contributed by atoms with E-state index in [4.69, 9.17) is 4.74 Å². The third-order valence-electron chi connectivity index (χ3n) is 4.42. The number of rotatable bonds is 3. The molecule has 1 aromatic rings. The largest absolute Gasteiger partial charge is 0.378 e. The molecule has 2 aliphatic heterocycles. The van der Waals surface area contributed by atoms with Gasteiger partial charge in [0, 0.05) is 43.4 Å². The van der Waals surface area contributed by atoms with Crippen molar-refractivity contribution in [1.29, 1.82) is 0 Å². The van der Waals surface area contributed by atoms with Crippen LogP contribution in [0, 0.1) is 5.92 Å². The predicted octanol–water partition coefficient (Wildman–Crippen LogP) is 1.41. The summed E-state index contributed by atoms with van der Waals surface area (Å²) >= 11 is 0. The number of nitrogens with one attached hydrogen (secondary N) is 3. The average Bonchev–Trinajstić information content (AvgIpc) is 2.91. The van der Waals surface area contributed by atoms with Crippen molar-refractivity contribution in [1.82, 2.24) is 20.8 Å². The number of ether oxygens (including phenoxy) is 1. The number of aromatic nitrogens is 2. The van der Waals surface area contributed by atoms with Gasteiger partial charge in [-0.05, 0) is 18.8 Å². The number of hydrogen-bond acceptors (Lipinski definition) is 4. The van der Waals surface area contributed by atoms with Crippen molar-refractivity contribution in [3.63, 3.8) is 0 Å². The molecule has 1 amide bonds. The summed E-state index contributed by atoms with van der Waals surface area (Å²) in [7, 11) is 0. The molecule has 3 N–H and O–H groups in total. The Morgan fingerprint density at radius 1 is 1.45 bits per heavy atom. The third-order valence-corrected chi connectivity index (χ3v) is 4.42. The minimum atomic E-state index is -0.0643. The minimum absolute atomic E-state index is 0. The molecule has 2 unspecified atom stereocenters. The van der Waals surface area contributed by atoms with Crippen LogP contribution in [0.5, 0.6) is 0 Å². The van der Waals surface area contributed by atoms with Gasteiger partial charge in [-0.25, -0.2) is 0 Å². The van der Waals surface area contributed by atoms with E-state index in [1.165, 1.54) is 0 Å². The van der Waals surface area contributed by atoms with E-state index in [0.717, 1.165) is 43.6 Å². The van der Waals surface area contributed by atoms with Crippen LogP contribution in [0.3, 0.4) is 0 Å². The zero-order valence-electron chi connectivity index (χ0n) is 13.1. The van der Waals surface area contributed by atoms with E-state index in [0.29, 0.717) is 18.2 Å². The van der Waals surface area contributed by atoms with Crippen LogP contribution in [0.1, 0.15) is 48.4 Å². The monoisotopic (exact) mass is 328 g/mol. The van der Waals surface area contributed by atoms with Gasteiger partial charge in [-0.2, -0.15) is 5.10 Å². The first-order chi connectivity index (χ1) is 10.1. The maximum Gasteiger partial charge on any atom is 0.272 e. The van der Waals surface area contributed by atoms with Gasteiger partial charge in [-0.1, -0.05) is 13.8 Å². The Labute approximate surface area is 137 Å². The normalized spacial score (nSPS) is 24.5. The van der Waals surface area contributed by atoms with Crippen LogP contribution in [-0.2, 0) is 17.7 Å². The van der Waals surface area contributed by atoms with Crippen LogP contribution in [0.15, 0.2) is 0 Å². The lowest BCUT2D eigenvalue weighted by atomic mass is 9.95. The molecule has 124 valence electrons. The van der Waals surface area contributed by atoms with Crippen LogP contribution >= 0.6 is 12.4 Å². The molecule has 6 nitrogen and oxygen atoms in total. The molecule has 0 aromatic carbocycles. The van der Waals surface area contributed by atoms with Crippen molar-refractivity contribution in [3.8, 4) is 0 Å². The number of halogens is 1. The lowest BCUT2D eigenvalue weighted by molar-refractivity contribution is -0.0233. The van der Waals surface area contributed by atoms with Gasteiger partial charge in [-0.3, -0.25) is 9.89 Å². The highest BCUT2D eigenvalue weighted by Crippen LogP contribution is 2.21. The highest BCUT2D eigenvalue weighted by Gasteiger charge is 2.28. The molecule has 0 saturated carbocycles. The summed E-state index contributed by atoms with van der Waals surface area (Å²) in [6.45, 7) is 6.69. The first-order valence-electron chi connectivity index (χ1n) is 7.84. The topological polar surface area (TPSA) is 79.0 Å². The van der Waals surface area contributed by atoms with E-state index < -0.39 is 0 Å². The maximum absolute atomic E-state index is 12.5. The molecule has 2 aliphatic rings. The molecule has 0 spiro atoms. The van der Waals surface area contributed by atoms with Crippen molar-refractivity contribution in [2.24, 2.45) is 5.92 Å². The second kappa shape index (κ2) is 7.44. The lowest BCUT2D eigenvalue weighted by Crippen LogP contribution is -2.43. The van der Waals surface area contributed by atoms with E-state index in [1.54, 1.807) is 0 Å². The van der Waals surface area contributed by atoms with Gasteiger partial charge in [0.2, 0.25) is 0 Å². The third kappa shape index (κ3) is 3.62. The Kier molecular flexibility index (Phi) is 5.83. The van der Waals surface area contributed by atoms with Crippen molar-refractivity contribution in [3.05, 3.63) is 17.0 Å². The summed E-state index contributed by atoms with van der Waals surface area (Å²) < 4.78 is 5.75. The standard InChI is InChI=1S/C15H24N4O2.ClH/c1-9(2)13-7-10(4-6-21-13)17-15(20)14-11-8-16-5-3-12(11)18-19-14;/h9-10,13,16H,3-8H2,1-2H3,(H,17,20)(H,18,19);1H. The molecule has 2 atom stereocenters. The number of H-pyrrole nitrogens is 1. The Balaban J connectivity index is 0.00000176. The van der Waals surface area contributed by atoms with Crippen molar-refractivity contribution >= 4 is 18.3 Å². The summed E-state index contributed by atoms with van der Waals surface area (Å²) in [6, 6.07) is 0.183. The van der Waals surface area contributed by atoms with Gasteiger partial charge in [0.1, 0.15) is 0 Å². The first-order valence-corrected chi connectivity index (χ1v) is 7.84. The summed E-state index contributed by atoms with van der Waals surface area (Å²) in [4.78, 5) is 12.5. The second-order valence-electron chi connectivity index (χ2n) is 6.30. The molecular weight excluding hydrogens is 304 g/mol. The van der Waals surface area contributed by atoms with Crippen LogP contribution < -0.4 is 10.6 Å². The van der Waals surface area contributed by atoms with Crippen molar-refractivity contribution in [2.75, 3.05) is 13.2 Å². The Morgan fingerprint density at radius 2 is 2.27 bits per heavy atom. The quantitative estimate of drug-likeness (QED) is 0.784. The van der Waals surface area contributed by atoms with Crippen LogP contribution in [0.4, 0.5) is 0 Å². The lowest BCUT2D eigenvalue weighted by Gasteiger charge is -2.32. The molecular formula is C15H25ClN4O2. The van der Waals surface area contributed by atoms with E-state index in [9.17, 15) is 4.79 Å². The van der Waals surface area contributed by atoms with Crippen molar-refractivity contribution < 1.29 is 9.53 Å². The van der Waals surface area contributed by atoms with Crippen LogP contribution in [0.25, 0.3) is 0 Å². The smallest absolute Gasteiger partial charge is 0.272 e. The van der Waals surface area contributed by atoms with Gasteiger partial charge in [0.15, 0.2) is 5.69 Å². The fourth-order valence-corrected chi connectivity index (χ4v) is 3.09. The van der Waals surface area contributed by atoms with Crippen LogP contribution in [-0.4, -0.2) is 41.4 Å². The molecule has 3 rings (SSSR count). The second-order valence-corrected chi connectivity index (χ2v) is 6.30. The van der Waals surface area contributed by atoms with Crippen molar-refractivity contribution in [2.45, 2.75) is 51.8 Å². The number of aromatic amines is 1. The fourth-order valence-electron chi connectivity index (χ4n) is 3.09. The number of nitrogens with zero attached hydrogens (tertiary/aromatic N) is 1. The Morgan fingerprint density at radius 3 is 3.05 bits per heavy atom. The zero-order chi connectivity index (χ0) is 14.8. The maximum atomic E-state index is 12.5. The number of carbonyl (C=O) groups excluding carboxylic acids is 1. The van der Waals surface area contributed by atoms with Gasteiger partial charge >= 0.3 is 0 Å². The van der Waals surface area contributed by atoms with Gasteiger partial charge < -0.3 is 15.4 Å². The SMILES string of the molecule is CC(C)C1CC(NC(=O)c2n[nH]c3c2CNCC3)CCO1.Cl. The van der Waals surface area contributed by atoms with Gasteiger partial charge in [0.05, 0.1) is 6.10 Å². The highest BCUT2D eigenvalue weighted by molar-refractivity contribution is 5.94. The van der Waals surface area contributed by atoms with Gasteiger partial charge in [-0.15, -0.1) is 12.4 Å². The summed E-state index contributed by atoms with van der Waals surface area (Å²) in [5.41, 5.74) is 2.65. The molecule has 22 heavy (non-hydrogen) atoms. The molecule has 0 bridgehead atoms. The number of carbonyl (C=O) groups is 1. The van der Waals surface area contributed by atoms with E-state index >= 15 is 0 Å². The first kappa shape index (κ1) is 17.2. The van der Waals surface area contributed by atoms with E-state index in [1.807, 2.05) is 0 Å². The number of hydrogen-bond donors (Lipinski definition) is 3. The molecule has 3 heterocycles. The zero-order valence-corrected chi connectivity index (χ0v) is 14.0. The fraction of sp³-hybridized carbons (Fsp3) is 0.733. The van der Waals surface area contributed by atoms with Crippen LogP contribution in [0.2, 0.25) is 0 Å². The molecule has 1 saturated heterocycles. The average molecular weight is 329 g/mol. The summed E-state index contributed by atoms with van der Waals surface area (Å²) in [5.74, 6) is 0.414. The minimum Gasteiger partial charge on any atom is -0.378 e.